The number of unbranched alkanes of at least 4 members (excludes halogenated alkanes) is 1. The summed E-state index contributed by atoms with van der Waals surface area (Å²) in [5.74, 6) is 0. The van der Waals surface area contributed by atoms with E-state index in [1.807, 2.05) is 0 Å². The maximum absolute atomic E-state index is 3.60. The molecule has 0 atom stereocenters. The first-order valence-corrected chi connectivity index (χ1v) is 3.12. The Labute approximate surface area is 75.2 Å². The van der Waals surface area contributed by atoms with Crippen LogP contribution >= 0.6 is 0 Å². The third-order valence-corrected chi connectivity index (χ3v) is 0.354. The Hall–Kier alpha value is 1.19. The van der Waals surface area contributed by atoms with E-state index in [1.165, 1.54) is 11.5 Å². The second-order valence-corrected chi connectivity index (χ2v) is 1.56. The van der Waals surface area contributed by atoms with Gasteiger partial charge in [0.1, 0.15) is 0 Å². The van der Waals surface area contributed by atoms with Crippen LogP contribution in [0.4, 0.5) is 0 Å². The van der Waals surface area contributed by atoms with Gasteiger partial charge < -0.3 is 0 Å². The van der Waals surface area contributed by atoms with E-state index in [2.05, 4.69) is 38.5 Å². The van der Waals surface area contributed by atoms with Gasteiger partial charge >= 0.3 is 48.6 Å². The van der Waals surface area contributed by atoms with Gasteiger partial charge in [-0.15, -0.1) is 0 Å². The summed E-state index contributed by atoms with van der Waals surface area (Å²) in [6.07, 6.45) is 2.28. The second kappa shape index (κ2) is 24.1. The molecule has 0 fully saturated rings. The Kier molecular flexibility index (Phi) is 48.5. The van der Waals surface area contributed by atoms with E-state index in [0.29, 0.717) is 0 Å². The van der Waals surface area contributed by atoms with Crippen molar-refractivity contribution in [1.29, 1.82) is 0 Å². The summed E-state index contributed by atoms with van der Waals surface area (Å²) in [4.78, 5) is 0. The van der Waals surface area contributed by atoms with E-state index in [9.17, 15) is 0 Å². The monoisotopic (exact) mass is 101 g/mol. The minimum absolute atomic E-state index is 0. The summed E-state index contributed by atoms with van der Waals surface area (Å²) >= 11 is 2.12. The van der Waals surface area contributed by atoms with Gasteiger partial charge in [0, 0.05) is 0 Å². The molecule has 0 aromatic carbocycles. The van der Waals surface area contributed by atoms with Gasteiger partial charge in [-0.25, -0.2) is 0 Å². The molecule has 8 heavy (non-hydrogen) atoms. The Bertz CT molecular complexity index is 14.0. The van der Waals surface area contributed by atoms with Crippen molar-refractivity contribution in [3.8, 4) is 0 Å². The fourth-order valence-corrected chi connectivity index (χ4v) is 0. The Morgan fingerprint density at radius 2 is 1.50 bits per heavy atom. The maximum atomic E-state index is 3.60. The second-order valence-electron chi connectivity index (χ2n) is 1.56. The summed E-state index contributed by atoms with van der Waals surface area (Å²) in [5.41, 5.74) is 0. The molecule has 0 heterocycles. The van der Waals surface area contributed by atoms with Crippen molar-refractivity contribution in [3.05, 3.63) is 6.92 Å². The van der Waals surface area contributed by atoms with Crippen molar-refractivity contribution >= 4 is 36.6 Å². The molecule has 2 heteroatoms. The molecule has 1 radical (unpaired) electrons. The van der Waals surface area contributed by atoms with Crippen LogP contribution in [-0.4, -0.2) is 36.6 Å². The van der Waals surface area contributed by atoms with Crippen molar-refractivity contribution in [2.24, 2.45) is 0 Å². The molecule has 0 spiro atoms. The van der Waals surface area contributed by atoms with E-state index < -0.39 is 0 Å². The topological polar surface area (TPSA) is 0 Å². The molecular formula is C6H15Li2. The molecule has 0 aromatic heterocycles. The van der Waals surface area contributed by atoms with Gasteiger partial charge in [-0.1, -0.05) is 26.7 Å². The summed E-state index contributed by atoms with van der Waals surface area (Å²) in [5, 5.41) is 1.25. The molecule has 0 aliphatic carbocycles. The van der Waals surface area contributed by atoms with Gasteiger partial charge in [-0.2, -0.15) is 0 Å². The summed E-state index contributed by atoms with van der Waals surface area (Å²) in [6, 6.07) is 0. The minimum atomic E-state index is 0. The van der Waals surface area contributed by atoms with Crippen molar-refractivity contribution in [1.82, 2.24) is 0 Å². The third kappa shape index (κ3) is 57.3. The van der Waals surface area contributed by atoms with Crippen molar-refractivity contribution < 1.29 is 0 Å². The first-order valence-electron chi connectivity index (χ1n) is 3.12. The van der Waals surface area contributed by atoms with Gasteiger partial charge in [0.25, 0.3) is 0 Å². The standard InChI is InChI=1S/C4H9.C2H5.2Li.H/c1-3-4-2;1-2;;;/h1,3-4H2,2H3;1H2,2H3;;;. The number of rotatable bonds is 1. The molecular weight excluding hydrogens is 85.9 g/mol. The fourth-order valence-electron chi connectivity index (χ4n) is 0. The molecule has 0 aliphatic rings. The van der Waals surface area contributed by atoms with Crippen LogP contribution in [0.3, 0.4) is 0 Å². The third-order valence-electron chi connectivity index (χ3n) is 0.354. The first-order chi connectivity index (χ1) is 3.33. The van der Waals surface area contributed by atoms with Crippen LogP contribution in [0.25, 0.3) is 0 Å². The molecule has 0 saturated carbocycles. The molecule has 0 unspecified atom stereocenters. The van der Waals surface area contributed by atoms with E-state index in [0.717, 1.165) is 6.42 Å². The van der Waals surface area contributed by atoms with Gasteiger partial charge in [0.05, 0.1) is 0 Å². The van der Waals surface area contributed by atoms with E-state index in [4.69, 9.17) is 0 Å². The number of hydrogen-bond acceptors (Lipinski definition) is 0. The van der Waals surface area contributed by atoms with Crippen LogP contribution < -0.4 is 0 Å². The van der Waals surface area contributed by atoms with Gasteiger partial charge in [-0.05, 0) is 0 Å². The average molecular weight is 101 g/mol. The zero-order valence-electron chi connectivity index (χ0n) is 5.83. The number of hydrogen-bond donors (Lipinski definition) is 0. The zero-order chi connectivity index (χ0) is 6.12. The Balaban J connectivity index is -0.0000000575. The molecule has 0 bridgehead atoms. The van der Waals surface area contributed by atoms with Crippen LogP contribution in [0, 0.1) is 6.92 Å². The predicted molar refractivity (Wildman–Crippen MR) is 43.6 cm³/mol. The van der Waals surface area contributed by atoms with Crippen molar-refractivity contribution in [2.45, 2.75) is 31.8 Å². The van der Waals surface area contributed by atoms with Gasteiger partial charge in [0.2, 0.25) is 0 Å². The summed E-state index contributed by atoms with van der Waals surface area (Å²) in [6.45, 7) is 7.85. The average Bonchev–Trinajstić information content (AvgIpc) is 1.69. The predicted octanol–water partition coefficient (Wildman–Crippen LogP) is 1.57. The van der Waals surface area contributed by atoms with E-state index in [-0.39, 0.29) is 18.9 Å². The van der Waals surface area contributed by atoms with Crippen molar-refractivity contribution in [3.63, 3.8) is 0 Å². The molecule has 0 N–H and O–H groups in total. The van der Waals surface area contributed by atoms with Gasteiger partial charge in [-0.3, -0.25) is 0 Å². The zero-order valence-corrected chi connectivity index (χ0v) is 5.83. The van der Waals surface area contributed by atoms with Crippen LogP contribution in [-0.2, 0) is 0 Å². The molecule has 0 aliphatic heterocycles. The van der Waals surface area contributed by atoms with E-state index in [1.54, 1.807) is 0 Å². The quantitative estimate of drug-likeness (QED) is 0.440. The fraction of sp³-hybridized carbons (Fsp3) is 0.833. The van der Waals surface area contributed by atoms with Crippen LogP contribution in [0.2, 0.25) is 5.09 Å². The van der Waals surface area contributed by atoms with Crippen LogP contribution in [0.5, 0.6) is 0 Å². The Morgan fingerprint density at radius 1 is 1.38 bits per heavy atom. The Morgan fingerprint density at radius 3 is 1.50 bits per heavy atom. The molecule has 0 aromatic rings. The summed E-state index contributed by atoms with van der Waals surface area (Å²) in [7, 11) is 0. The molecule has 0 nitrogen and oxygen atoms in total. The molecule has 41 valence electrons. The summed E-state index contributed by atoms with van der Waals surface area (Å²) < 4.78 is 0. The van der Waals surface area contributed by atoms with Crippen LogP contribution in [0.1, 0.15) is 26.7 Å². The van der Waals surface area contributed by atoms with E-state index >= 15 is 0 Å². The first kappa shape index (κ1) is 16.1. The molecule has 0 amide bonds. The SMILES string of the molecule is [CH2]CCC.[LiH].[Li][CH2]C. The molecule has 0 saturated heterocycles. The van der Waals surface area contributed by atoms with Crippen molar-refractivity contribution in [2.75, 3.05) is 0 Å². The molecule has 0 rings (SSSR count). The normalized spacial score (nSPS) is 6.12. The van der Waals surface area contributed by atoms with Crippen LogP contribution in [0.15, 0.2) is 0 Å². The van der Waals surface area contributed by atoms with Gasteiger partial charge in [0.15, 0.2) is 0 Å².